The third-order valence-electron chi connectivity index (χ3n) is 2.49. The van der Waals surface area contributed by atoms with Gasteiger partial charge in [0.2, 0.25) is 10.0 Å². The van der Waals surface area contributed by atoms with Crippen LogP contribution in [0.15, 0.2) is 29.2 Å². The van der Waals surface area contributed by atoms with Crippen LogP contribution in [-0.2, 0) is 10.0 Å². The SMILES string of the molecule is CCN(CC(C)(C)O)c1ccc(S(N)(=O)=O)cc1. The highest BCUT2D eigenvalue weighted by molar-refractivity contribution is 7.89. The maximum absolute atomic E-state index is 11.1. The fraction of sp³-hybridized carbons (Fsp3) is 0.500. The molecule has 18 heavy (non-hydrogen) atoms. The Morgan fingerprint density at radius 2 is 1.78 bits per heavy atom. The van der Waals surface area contributed by atoms with Gasteiger partial charge >= 0.3 is 0 Å². The Hall–Kier alpha value is -1.11. The zero-order chi connectivity index (χ0) is 14.0. The van der Waals surface area contributed by atoms with Crippen molar-refractivity contribution in [1.29, 1.82) is 0 Å². The van der Waals surface area contributed by atoms with E-state index in [1.54, 1.807) is 26.0 Å². The van der Waals surface area contributed by atoms with Crippen LogP contribution in [0.5, 0.6) is 0 Å². The van der Waals surface area contributed by atoms with Gasteiger partial charge in [0, 0.05) is 18.8 Å². The van der Waals surface area contributed by atoms with Crippen LogP contribution in [0, 0.1) is 0 Å². The van der Waals surface area contributed by atoms with Crippen LogP contribution in [0.3, 0.4) is 0 Å². The first-order valence-corrected chi connectivity index (χ1v) is 7.28. The molecule has 0 aliphatic rings. The normalized spacial score (nSPS) is 12.5. The van der Waals surface area contributed by atoms with E-state index in [1.165, 1.54) is 12.1 Å². The average Bonchev–Trinajstić information content (AvgIpc) is 2.24. The maximum atomic E-state index is 11.1. The summed E-state index contributed by atoms with van der Waals surface area (Å²) in [6.07, 6.45) is 0. The third kappa shape index (κ3) is 4.29. The molecular weight excluding hydrogens is 252 g/mol. The summed E-state index contributed by atoms with van der Waals surface area (Å²) in [4.78, 5) is 2.05. The predicted molar refractivity (Wildman–Crippen MR) is 72.0 cm³/mol. The molecule has 0 aromatic heterocycles. The number of nitrogens with zero attached hydrogens (tertiary/aromatic N) is 1. The number of rotatable bonds is 5. The van der Waals surface area contributed by atoms with Crippen molar-refractivity contribution in [3.05, 3.63) is 24.3 Å². The van der Waals surface area contributed by atoms with Crippen molar-refractivity contribution in [2.75, 3.05) is 18.0 Å². The van der Waals surface area contributed by atoms with Crippen molar-refractivity contribution in [3.63, 3.8) is 0 Å². The Morgan fingerprint density at radius 3 is 2.11 bits per heavy atom. The summed E-state index contributed by atoms with van der Waals surface area (Å²) in [5.74, 6) is 0. The molecule has 0 bridgehead atoms. The minimum absolute atomic E-state index is 0.0885. The van der Waals surface area contributed by atoms with E-state index in [-0.39, 0.29) is 4.90 Å². The van der Waals surface area contributed by atoms with Gasteiger partial charge in [0.1, 0.15) is 0 Å². The molecule has 0 aliphatic carbocycles. The fourth-order valence-electron chi connectivity index (χ4n) is 1.70. The quantitative estimate of drug-likeness (QED) is 0.835. The van der Waals surface area contributed by atoms with Gasteiger partial charge in [0.05, 0.1) is 10.5 Å². The average molecular weight is 272 g/mol. The van der Waals surface area contributed by atoms with Gasteiger partial charge in [-0.25, -0.2) is 13.6 Å². The maximum Gasteiger partial charge on any atom is 0.238 e. The summed E-state index contributed by atoms with van der Waals surface area (Å²) in [5, 5.41) is 14.8. The highest BCUT2D eigenvalue weighted by atomic mass is 32.2. The van der Waals surface area contributed by atoms with Crippen molar-refractivity contribution in [3.8, 4) is 0 Å². The molecule has 1 aromatic carbocycles. The second kappa shape index (κ2) is 5.26. The van der Waals surface area contributed by atoms with E-state index in [0.29, 0.717) is 6.54 Å². The standard InChI is InChI=1S/C12H20N2O3S/c1-4-14(9-12(2,3)15)10-5-7-11(8-6-10)18(13,16)17/h5-8,15H,4,9H2,1-3H3,(H2,13,16,17). The molecule has 0 saturated carbocycles. The topological polar surface area (TPSA) is 83.6 Å². The number of benzene rings is 1. The minimum Gasteiger partial charge on any atom is -0.389 e. The molecule has 0 atom stereocenters. The summed E-state index contributed by atoms with van der Waals surface area (Å²) in [5.41, 5.74) is 0.0428. The molecule has 102 valence electrons. The Bertz CT molecular complexity index is 489. The van der Waals surface area contributed by atoms with Gasteiger partial charge in [0.25, 0.3) is 0 Å². The number of nitrogens with two attached hydrogens (primary N) is 1. The second-order valence-electron chi connectivity index (χ2n) is 4.87. The van der Waals surface area contributed by atoms with Gasteiger partial charge in [0.15, 0.2) is 0 Å². The lowest BCUT2D eigenvalue weighted by Gasteiger charge is -2.30. The molecule has 1 rings (SSSR count). The predicted octanol–water partition coefficient (Wildman–Crippen LogP) is 0.931. The highest BCUT2D eigenvalue weighted by Gasteiger charge is 2.18. The molecule has 0 amide bonds. The van der Waals surface area contributed by atoms with Crippen LogP contribution in [0.25, 0.3) is 0 Å². The largest absolute Gasteiger partial charge is 0.389 e. The van der Waals surface area contributed by atoms with Gasteiger partial charge in [-0.05, 0) is 45.0 Å². The number of hydrogen-bond acceptors (Lipinski definition) is 4. The number of sulfonamides is 1. The first kappa shape index (κ1) is 14.9. The number of aliphatic hydroxyl groups is 1. The lowest BCUT2D eigenvalue weighted by atomic mass is 10.1. The molecular formula is C12H20N2O3S. The zero-order valence-corrected chi connectivity index (χ0v) is 11.7. The smallest absolute Gasteiger partial charge is 0.238 e. The van der Waals surface area contributed by atoms with Crippen molar-refractivity contribution in [1.82, 2.24) is 0 Å². The Labute approximate surface area is 108 Å². The van der Waals surface area contributed by atoms with Crippen LogP contribution in [0.4, 0.5) is 5.69 Å². The molecule has 5 nitrogen and oxygen atoms in total. The molecule has 0 radical (unpaired) electrons. The molecule has 1 aromatic rings. The molecule has 6 heteroatoms. The molecule has 0 heterocycles. The lowest BCUT2D eigenvalue weighted by Crippen LogP contribution is -2.38. The first-order valence-electron chi connectivity index (χ1n) is 5.73. The Balaban J connectivity index is 2.96. The van der Waals surface area contributed by atoms with E-state index >= 15 is 0 Å². The Kier molecular flexibility index (Phi) is 4.37. The first-order chi connectivity index (χ1) is 8.13. The van der Waals surface area contributed by atoms with Gasteiger partial charge in [-0.2, -0.15) is 0 Å². The Morgan fingerprint density at radius 1 is 1.28 bits per heavy atom. The molecule has 3 N–H and O–H groups in total. The van der Waals surface area contributed by atoms with Gasteiger partial charge < -0.3 is 10.0 Å². The van der Waals surface area contributed by atoms with E-state index in [2.05, 4.69) is 0 Å². The van der Waals surface area contributed by atoms with Gasteiger partial charge in [-0.15, -0.1) is 0 Å². The minimum atomic E-state index is -3.66. The monoisotopic (exact) mass is 272 g/mol. The lowest BCUT2D eigenvalue weighted by molar-refractivity contribution is 0.0876. The van der Waals surface area contributed by atoms with Crippen LogP contribution < -0.4 is 10.0 Å². The van der Waals surface area contributed by atoms with Gasteiger partial charge in [-0.1, -0.05) is 0 Å². The number of anilines is 1. The number of hydrogen-bond donors (Lipinski definition) is 2. The van der Waals surface area contributed by atoms with Gasteiger partial charge in [-0.3, -0.25) is 0 Å². The van der Waals surface area contributed by atoms with Crippen LogP contribution in [-0.4, -0.2) is 32.2 Å². The molecule has 0 unspecified atom stereocenters. The van der Waals surface area contributed by atoms with Crippen molar-refractivity contribution in [2.24, 2.45) is 5.14 Å². The summed E-state index contributed by atoms with van der Waals surface area (Å²) >= 11 is 0. The van der Waals surface area contributed by atoms with Crippen LogP contribution in [0.2, 0.25) is 0 Å². The summed E-state index contributed by atoms with van der Waals surface area (Å²) in [6, 6.07) is 6.32. The van der Waals surface area contributed by atoms with Crippen molar-refractivity contribution < 1.29 is 13.5 Å². The fourth-order valence-corrected chi connectivity index (χ4v) is 2.21. The summed E-state index contributed by atoms with van der Waals surface area (Å²) in [6.45, 7) is 6.62. The van der Waals surface area contributed by atoms with Crippen LogP contribution >= 0.6 is 0 Å². The zero-order valence-electron chi connectivity index (χ0n) is 10.9. The summed E-state index contributed by atoms with van der Waals surface area (Å²) < 4.78 is 22.3. The van der Waals surface area contributed by atoms with E-state index in [4.69, 9.17) is 5.14 Å². The van der Waals surface area contributed by atoms with Crippen LogP contribution in [0.1, 0.15) is 20.8 Å². The van der Waals surface area contributed by atoms with Crippen molar-refractivity contribution >= 4 is 15.7 Å². The van der Waals surface area contributed by atoms with E-state index < -0.39 is 15.6 Å². The molecule has 0 spiro atoms. The van der Waals surface area contributed by atoms with Crippen molar-refractivity contribution in [2.45, 2.75) is 31.3 Å². The van der Waals surface area contributed by atoms with E-state index in [9.17, 15) is 13.5 Å². The number of likely N-dealkylation sites (N-methyl/N-ethyl adjacent to an activating group) is 1. The third-order valence-corrected chi connectivity index (χ3v) is 3.42. The number of primary sulfonamides is 1. The molecule has 0 aliphatic heterocycles. The van der Waals surface area contributed by atoms with E-state index in [0.717, 1.165) is 12.2 Å². The molecule has 0 fully saturated rings. The summed E-state index contributed by atoms with van der Waals surface area (Å²) in [7, 11) is -3.66. The van der Waals surface area contributed by atoms with E-state index in [1.807, 2.05) is 11.8 Å². The highest BCUT2D eigenvalue weighted by Crippen LogP contribution is 2.19. The molecule has 0 saturated heterocycles. The second-order valence-corrected chi connectivity index (χ2v) is 6.43.